The van der Waals surface area contributed by atoms with Gasteiger partial charge in [-0.05, 0) is 24.1 Å². The van der Waals surface area contributed by atoms with Gasteiger partial charge in [-0.25, -0.2) is 9.97 Å². The molecular formula is C14H13ClF3N3. The quantitative estimate of drug-likeness (QED) is 0.808. The Bertz CT molecular complexity index is 642. The van der Waals surface area contributed by atoms with Gasteiger partial charge in [-0.2, -0.15) is 13.2 Å². The number of nitrogens with one attached hydrogen (secondary N) is 1. The zero-order valence-corrected chi connectivity index (χ0v) is 12.1. The van der Waals surface area contributed by atoms with Crippen molar-refractivity contribution in [3.8, 4) is 0 Å². The van der Waals surface area contributed by atoms with Gasteiger partial charge in [0.2, 0.25) is 0 Å². The number of nitrogens with zero attached hydrogens (tertiary/aromatic N) is 2. The molecule has 1 aromatic carbocycles. The number of anilines is 2. The number of benzene rings is 1. The maximum atomic E-state index is 12.7. The summed E-state index contributed by atoms with van der Waals surface area (Å²) < 4.78 is 38.1. The number of rotatable bonds is 3. The van der Waals surface area contributed by atoms with Crippen LogP contribution in [0.4, 0.5) is 24.7 Å². The average molecular weight is 316 g/mol. The molecule has 0 fully saturated rings. The highest BCUT2D eigenvalue weighted by Gasteiger charge is 2.30. The zero-order chi connectivity index (χ0) is 15.6. The van der Waals surface area contributed by atoms with E-state index in [4.69, 9.17) is 11.6 Å². The van der Waals surface area contributed by atoms with Crippen molar-refractivity contribution in [1.82, 2.24) is 9.97 Å². The molecule has 2 aromatic rings. The molecule has 0 atom stereocenters. The molecule has 2 rings (SSSR count). The first-order chi connectivity index (χ1) is 9.79. The summed E-state index contributed by atoms with van der Waals surface area (Å²) in [6, 6.07) is 4.92. The van der Waals surface area contributed by atoms with E-state index >= 15 is 0 Å². The second kappa shape index (κ2) is 5.89. The molecule has 1 heterocycles. The lowest BCUT2D eigenvalue weighted by Gasteiger charge is -2.15. The van der Waals surface area contributed by atoms with Crippen molar-refractivity contribution in [3.63, 3.8) is 0 Å². The Labute approximate surface area is 125 Å². The van der Waals surface area contributed by atoms with Crippen LogP contribution in [-0.4, -0.2) is 9.97 Å². The summed E-state index contributed by atoms with van der Waals surface area (Å²) in [6.07, 6.45) is -3.12. The Kier molecular flexibility index (Phi) is 4.37. The number of aromatic nitrogens is 2. The van der Waals surface area contributed by atoms with Gasteiger partial charge >= 0.3 is 6.18 Å². The van der Waals surface area contributed by atoms with Gasteiger partial charge in [-0.15, -0.1) is 0 Å². The highest BCUT2D eigenvalue weighted by atomic mass is 35.5. The SMILES string of the molecule is CC(C)c1c(Cl)ncnc1Nc1cccc(C(F)(F)F)c1. The van der Waals surface area contributed by atoms with Gasteiger partial charge in [0.15, 0.2) is 0 Å². The molecule has 0 saturated carbocycles. The summed E-state index contributed by atoms with van der Waals surface area (Å²) in [5, 5.41) is 3.16. The fourth-order valence-corrected chi connectivity index (χ4v) is 2.25. The number of alkyl halides is 3. The molecule has 0 unspecified atom stereocenters. The van der Waals surface area contributed by atoms with E-state index in [0.717, 1.165) is 12.1 Å². The molecule has 0 bridgehead atoms. The fraction of sp³-hybridized carbons (Fsp3) is 0.286. The molecular weight excluding hydrogens is 303 g/mol. The van der Waals surface area contributed by atoms with Gasteiger partial charge in [-0.1, -0.05) is 31.5 Å². The monoisotopic (exact) mass is 315 g/mol. The van der Waals surface area contributed by atoms with Gasteiger partial charge in [0.1, 0.15) is 17.3 Å². The minimum Gasteiger partial charge on any atom is -0.340 e. The normalized spacial score (nSPS) is 11.8. The second-order valence-electron chi connectivity index (χ2n) is 4.79. The van der Waals surface area contributed by atoms with E-state index in [1.807, 2.05) is 13.8 Å². The highest BCUT2D eigenvalue weighted by molar-refractivity contribution is 6.30. The summed E-state index contributed by atoms with van der Waals surface area (Å²) in [4.78, 5) is 7.95. The van der Waals surface area contributed by atoms with E-state index in [0.29, 0.717) is 17.1 Å². The molecule has 0 spiro atoms. The maximum Gasteiger partial charge on any atom is 0.416 e. The molecule has 3 nitrogen and oxygen atoms in total. The van der Waals surface area contributed by atoms with Gasteiger partial charge < -0.3 is 5.32 Å². The molecule has 21 heavy (non-hydrogen) atoms. The van der Waals surface area contributed by atoms with Crippen LogP contribution in [0.2, 0.25) is 5.15 Å². The third-order valence-electron chi connectivity index (χ3n) is 2.87. The van der Waals surface area contributed by atoms with Crippen LogP contribution in [-0.2, 0) is 6.18 Å². The number of hydrogen-bond donors (Lipinski definition) is 1. The first-order valence-electron chi connectivity index (χ1n) is 6.23. The molecule has 0 aliphatic rings. The predicted molar refractivity (Wildman–Crippen MR) is 75.9 cm³/mol. The number of hydrogen-bond acceptors (Lipinski definition) is 3. The average Bonchev–Trinajstić information content (AvgIpc) is 2.37. The topological polar surface area (TPSA) is 37.8 Å². The summed E-state index contributed by atoms with van der Waals surface area (Å²) in [6.45, 7) is 3.81. The standard InChI is InChI=1S/C14H13ClF3N3/c1-8(2)11-12(15)19-7-20-13(11)21-10-5-3-4-9(6-10)14(16,17)18/h3-8H,1-2H3,(H,19,20,21). The van der Waals surface area contributed by atoms with Crippen LogP contribution in [0.3, 0.4) is 0 Å². The Morgan fingerprint density at radius 1 is 1.19 bits per heavy atom. The minimum atomic E-state index is -4.39. The van der Waals surface area contributed by atoms with Crippen molar-refractivity contribution in [1.29, 1.82) is 0 Å². The molecule has 1 aromatic heterocycles. The van der Waals surface area contributed by atoms with Gasteiger partial charge in [0.25, 0.3) is 0 Å². The Balaban J connectivity index is 2.37. The molecule has 0 aliphatic heterocycles. The van der Waals surface area contributed by atoms with Crippen LogP contribution in [0.25, 0.3) is 0 Å². The zero-order valence-electron chi connectivity index (χ0n) is 11.4. The van der Waals surface area contributed by atoms with E-state index < -0.39 is 11.7 Å². The summed E-state index contributed by atoms with van der Waals surface area (Å²) in [5.74, 6) is 0.441. The number of halogens is 4. The lowest BCUT2D eigenvalue weighted by Crippen LogP contribution is -2.06. The summed E-state index contributed by atoms with van der Waals surface area (Å²) in [5.41, 5.74) is 0.233. The Morgan fingerprint density at radius 3 is 2.52 bits per heavy atom. The Hall–Kier alpha value is -1.82. The van der Waals surface area contributed by atoms with E-state index in [1.54, 1.807) is 0 Å². The third-order valence-corrected chi connectivity index (χ3v) is 3.17. The first-order valence-corrected chi connectivity index (χ1v) is 6.61. The third kappa shape index (κ3) is 3.64. The molecule has 0 aliphatic carbocycles. The van der Waals surface area contributed by atoms with E-state index in [-0.39, 0.29) is 11.1 Å². The largest absolute Gasteiger partial charge is 0.416 e. The van der Waals surface area contributed by atoms with E-state index in [2.05, 4.69) is 15.3 Å². The summed E-state index contributed by atoms with van der Waals surface area (Å²) >= 11 is 6.02. The molecule has 0 saturated heterocycles. The molecule has 112 valence electrons. The lowest BCUT2D eigenvalue weighted by molar-refractivity contribution is -0.137. The van der Waals surface area contributed by atoms with Crippen molar-refractivity contribution in [3.05, 3.63) is 46.9 Å². The van der Waals surface area contributed by atoms with Crippen molar-refractivity contribution in [2.75, 3.05) is 5.32 Å². The van der Waals surface area contributed by atoms with Crippen molar-refractivity contribution >= 4 is 23.1 Å². The lowest BCUT2D eigenvalue weighted by atomic mass is 10.1. The van der Waals surface area contributed by atoms with Crippen LogP contribution >= 0.6 is 11.6 Å². The van der Waals surface area contributed by atoms with Crippen LogP contribution < -0.4 is 5.32 Å². The van der Waals surface area contributed by atoms with Gasteiger partial charge in [0.05, 0.1) is 5.56 Å². The smallest absolute Gasteiger partial charge is 0.340 e. The molecule has 0 amide bonds. The van der Waals surface area contributed by atoms with Gasteiger partial charge in [-0.3, -0.25) is 0 Å². The predicted octanol–water partition coefficient (Wildman–Crippen LogP) is 5.02. The highest BCUT2D eigenvalue weighted by Crippen LogP contribution is 2.33. The van der Waals surface area contributed by atoms with Crippen LogP contribution in [0.15, 0.2) is 30.6 Å². The van der Waals surface area contributed by atoms with E-state index in [1.165, 1.54) is 18.5 Å². The molecule has 1 N–H and O–H groups in total. The van der Waals surface area contributed by atoms with Crippen molar-refractivity contribution in [2.24, 2.45) is 0 Å². The van der Waals surface area contributed by atoms with Gasteiger partial charge in [0, 0.05) is 11.3 Å². The second-order valence-corrected chi connectivity index (χ2v) is 5.14. The van der Waals surface area contributed by atoms with E-state index in [9.17, 15) is 13.2 Å². The summed E-state index contributed by atoms with van der Waals surface area (Å²) in [7, 11) is 0. The molecule has 7 heteroatoms. The minimum absolute atomic E-state index is 0.0343. The van der Waals surface area contributed by atoms with Crippen LogP contribution in [0.5, 0.6) is 0 Å². The first kappa shape index (κ1) is 15.6. The molecule has 0 radical (unpaired) electrons. The maximum absolute atomic E-state index is 12.7. The fourth-order valence-electron chi connectivity index (χ4n) is 1.90. The van der Waals surface area contributed by atoms with Crippen molar-refractivity contribution in [2.45, 2.75) is 25.9 Å². The van der Waals surface area contributed by atoms with Crippen molar-refractivity contribution < 1.29 is 13.2 Å². The Morgan fingerprint density at radius 2 is 1.90 bits per heavy atom. The van der Waals surface area contributed by atoms with Crippen LogP contribution in [0, 0.1) is 0 Å². The van der Waals surface area contributed by atoms with Crippen LogP contribution in [0.1, 0.15) is 30.9 Å².